The molecule has 1 heterocycles. The molecule has 0 atom stereocenters. The van der Waals surface area contributed by atoms with Crippen LogP contribution in [0.15, 0.2) is 47.4 Å². The zero-order valence-corrected chi connectivity index (χ0v) is 10.5. The van der Waals surface area contributed by atoms with Crippen LogP contribution in [0.2, 0.25) is 0 Å². The number of aromatic nitrogens is 2. The number of nitrogens with two attached hydrogens (primary N) is 1. The fourth-order valence-electron chi connectivity index (χ4n) is 1.79. The highest BCUT2D eigenvalue weighted by Gasteiger charge is 2.05. The monoisotopic (exact) mass is 257 g/mol. The second-order valence-corrected chi connectivity index (χ2v) is 4.22. The summed E-state index contributed by atoms with van der Waals surface area (Å²) in [5.41, 5.74) is 5.72. The number of hydrogen-bond donors (Lipinski definition) is 1. The Hall–Kier alpha value is -2.43. The highest BCUT2D eigenvalue weighted by Crippen LogP contribution is 2.05. The number of carbonyl (C=O) groups is 1. The Morgan fingerprint density at radius 2 is 1.95 bits per heavy atom. The summed E-state index contributed by atoms with van der Waals surface area (Å²) in [4.78, 5) is 27.0. The Morgan fingerprint density at radius 3 is 2.63 bits per heavy atom. The van der Waals surface area contributed by atoms with Crippen molar-refractivity contribution in [3.63, 3.8) is 0 Å². The summed E-state index contributed by atoms with van der Waals surface area (Å²) >= 11 is 0. The quantitative estimate of drug-likeness (QED) is 0.823. The number of ketones is 1. The molecule has 5 heteroatoms. The lowest BCUT2D eigenvalue weighted by atomic mass is 10.1. The fourth-order valence-corrected chi connectivity index (χ4v) is 1.79. The second kappa shape index (κ2) is 5.95. The molecule has 2 rings (SSSR count). The lowest BCUT2D eigenvalue weighted by molar-refractivity contribution is 0.0978. The first-order valence-electron chi connectivity index (χ1n) is 6.08. The minimum atomic E-state index is -0.382. The van der Waals surface area contributed by atoms with Crippen LogP contribution in [0.5, 0.6) is 0 Å². The van der Waals surface area contributed by atoms with Gasteiger partial charge in [0.05, 0.1) is 0 Å². The fraction of sp³-hybridized carbons (Fsp3) is 0.214. The molecule has 0 aliphatic heterocycles. The highest BCUT2D eigenvalue weighted by molar-refractivity contribution is 5.95. The molecule has 1 aromatic carbocycles. The number of Topliss-reactive ketones (excluding diaryl/α,β-unsaturated/α-hetero) is 1. The molecule has 2 aromatic rings. The average Bonchev–Trinajstić information content (AvgIpc) is 2.42. The molecule has 98 valence electrons. The largest absolute Gasteiger partial charge is 0.383 e. The summed E-state index contributed by atoms with van der Waals surface area (Å²) in [6.45, 7) is 0.463. The molecular formula is C14H15N3O2. The van der Waals surface area contributed by atoms with Gasteiger partial charge in [0.1, 0.15) is 5.82 Å². The van der Waals surface area contributed by atoms with Gasteiger partial charge in [-0.2, -0.15) is 4.98 Å². The summed E-state index contributed by atoms with van der Waals surface area (Å²) < 4.78 is 1.45. The number of aryl methyl sites for hydroxylation is 1. The molecule has 0 amide bonds. The molecule has 0 spiro atoms. The van der Waals surface area contributed by atoms with E-state index in [1.54, 1.807) is 24.4 Å². The Balaban J connectivity index is 1.90. The van der Waals surface area contributed by atoms with E-state index in [1.165, 1.54) is 4.57 Å². The van der Waals surface area contributed by atoms with Crippen molar-refractivity contribution in [3.05, 3.63) is 58.6 Å². The molecule has 0 unspecified atom stereocenters. The number of hydrogen-bond acceptors (Lipinski definition) is 4. The van der Waals surface area contributed by atoms with E-state index in [1.807, 2.05) is 18.2 Å². The van der Waals surface area contributed by atoms with Gasteiger partial charge in [0, 0.05) is 24.7 Å². The molecule has 19 heavy (non-hydrogen) atoms. The topological polar surface area (TPSA) is 78.0 Å². The Kier molecular flexibility index (Phi) is 4.07. The van der Waals surface area contributed by atoms with Gasteiger partial charge < -0.3 is 5.73 Å². The van der Waals surface area contributed by atoms with Gasteiger partial charge in [0.25, 0.3) is 0 Å². The van der Waals surface area contributed by atoms with Crippen LogP contribution in [-0.2, 0) is 6.54 Å². The third kappa shape index (κ3) is 3.51. The van der Waals surface area contributed by atoms with E-state index >= 15 is 0 Å². The van der Waals surface area contributed by atoms with Crippen molar-refractivity contribution in [3.8, 4) is 0 Å². The number of nitrogen functional groups attached to an aromatic ring is 1. The van der Waals surface area contributed by atoms with Gasteiger partial charge in [-0.1, -0.05) is 30.3 Å². The second-order valence-electron chi connectivity index (χ2n) is 4.22. The van der Waals surface area contributed by atoms with Crippen LogP contribution in [0.25, 0.3) is 0 Å². The average molecular weight is 257 g/mol. The van der Waals surface area contributed by atoms with Crippen molar-refractivity contribution >= 4 is 11.6 Å². The first kappa shape index (κ1) is 13.0. The van der Waals surface area contributed by atoms with Gasteiger partial charge in [0.2, 0.25) is 0 Å². The zero-order chi connectivity index (χ0) is 13.7. The van der Waals surface area contributed by atoms with Crippen LogP contribution in [0.3, 0.4) is 0 Å². The van der Waals surface area contributed by atoms with Gasteiger partial charge in [-0.3, -0.25) is 9.36 Å². The van der Waals surface area contributed by atoms with Crippen molar-refractivity contribution < 1.29 is 4.79 Å². The standard InChI is InChI=1S/C14H15N3O2/c15-13-8-10-17(14(19)16-13)9-4-7-12(18)11-5-2-1-3-6-11/h1-3,5-6,8,10H,4,7,9H2,(H2,15,16,19). The third-order valence-electron chi connectivity index (χ3n) is 2.79. The third-order valence-corrected chi connectivity index (χ3v) is 2.79. The smallest absolute Gasteiger partial charge is 0.349 e. The van der Waals surface area contributed by atoms with E-state index in [4.69, 9.17) is 5.73 Å². The van der Waals surface area contributed by atoms with E-state index in [9.17, 15) is 9.59 Å². The van der Waals surface area contributed by atoms with Crippen LogP contribution in [-0.4, -0.2) is 15.3 Å². The van der Waals surface area contributed by atoms with E-state index < -0.39 is 0 Å². The van der Waals surface area contributed by atoms with E-state index in [2.05, 4.69) is 4.98 Å². The van der Waals surface area contributed by atoms with Crippen molar-refractivity contribution in [1.29, 1.82) is 0 Å². The van der Waals surface area contributed by atoms with Crippen LogP contribution >= 0.6 is 0 Å². The summed E-state index contributed by atoms with van der Waals surface area (Å²) in [6.07, 6.45) is 2.59. The number of benzene rings is 1. The predicted molar refractivity (Wildman–Crippen MR) is 72.9 cm³/mol. The number of rotatable bonds is 5. The molecule has 0 aliphatic rings. The molecule has 0 saturated carbocycles. The van der Waals surface area contributed by atoms with Crippen LogP contribution in [0, 0.1) is 0 Å². The van der Waals surface area contributed by atoms with Crippen molar-refractivity contribution in [2.75, 3.05) is 5.73 Å². The van der Waals surface area contributed by atoms with Crippen molar-refractivity contribution in [1.82, 2.24) is 9.55 Å². The van der Waals surface area contributed by atoms with E-state index in [0.717, 1.165) is 0 Å². The van der Waals surface area contributed by atoms with Gasteiger partial charge in [-0.15, -0.1) is 0 Å². The predicted octanol–water partition coefficient (Wildman–Crippen LogP) is 1.49. The van der Waals surface area contributed by atoms with Gasteiger partial charge in [-0.05, 0) is 12.5 Å². The van der Waals surface area contributed by atoms with Crippen LogP contribution < -0.4 is 11.4 Å². The van der Waals surface area contributed by atoms with Crippen molar-refractivity contribution in [2.45, 2.75) is 19.4 Å². The van der Waals surface area contributed by atoms with Crippen LogP contribution in [0.1, 0.15) is 23.2 Å². The SMILES string of the molecule is Nc1ccn(CCCC(=O)c2ccccc2)c(=O)n1. The lowest BCUT2D eigenvalue weighted by Gasteiger charge is -2.04. The first-order valence-corrected chi connectivity index (χ1v) is 6.08. The zero-order valence-electron chi connectivity index (χ0n) is 10.5. The molecule has 5 nitrogen and oxygen atoms in total. The molecule has 1 aromatic heterocycles. The lowest BCUT2D eigenvalue weighted by Crippen LogP contribution is -2.23. The summed E-state index contributed by atoms with van der Waals surface area (Å²) in [5.74, 6) is 0.290. The molecule has 0 fully saturated rings. The Morgan fingerprint density at radius 1 is 1.21 bits per heavy atom. The summed E-state index contributed by atoms with van der Waals surface area (Å²) in [5, 5.41) is 0. The first-order chi connectivity index (χ1) is 9.16. The summed E-state index contributed by atoms with van der Waals surface area (Å²) in [7, 11) is 0. The highest BCUT2D eigenvalue weighted by atomic mass is 16.1. The number of carbonyl (C=O) groups excluding carboxylic acids is 1. The normalized spacial score (nSPS) is 10.3. The molecule has 2 N–H and O–H groups in total. The Labute approximate surface area is 110 Å². The molecule has 0 radical (unpaired) electrons. The molecule has 0 aliphatic carbocycles. The van der Waals surface area contributed by atoms with Crippen molar-refractivity contribution in [2.24, 2.45) is 0 Å². The minimum Gasteiger partial charge on any atom is -0.383 e. The van der Waals surface area contributed by atoms with Gasteiger partial charge >= 0.3 is 5.69 Å². The molecule has 0 bridgehead atoms. The summed E-state index contributed by atoms with van der Waals surface area (Å²) in [6, 6.07) is 10.7. The number of anilines is 1. The number of nitrogens with zero attached hydrogens (tertiary/aromatic N) is 2. The maximum atomic E-state index is 11.9. The van der Waals surface area contributed by atoms with Gasteiger partial charge in [-0.25, -0.2) is 4.79 Å². The van der Waals surface area contributed by atoms with E-state index in [-0.39, 0.29) is 17.3 Å². The molecule has 0 saturated heterocycles. The van der Waals surface area contributed by atoms with Gasteiger partial charge in [0.15, 0.2) is 5.78 Å². The maximum absolute atomic E-state index is 11.9. The maximum Gasteiger partial charge on any atom is 0.349 e. The Bertz CT molecular complexity index is 620. The van der Waals surface area contributed by atoms with E-state index in [0.29, 0.717) is 24.9 Å². The van der Waals surface area contributed by atoms with Crippen LogP contribution in [0.4, 0.5) is 5.82 Å². The molecular weight excluding hydrogens is 242 g/mol. The minimum absolute atomic E-state index is 0.0806.